The number of nitrogen functional groups attached to an aromatic ring is 1. The van der Waals surface area contributed by atoms with E-state index in [1.807, 2.05) is 31.2 Å². The van der Waals surface area contributed by atoms with E-state index in [0.29, 0.717) is 23.5 Å². The lowest BCUT2D eigenvalue weighted by Crippen LogP contribution is -2.24. The molecule has 4 N–H and O–H groups in total. The van der Waals surface area contributed by atoms with Gasteiger partial charge in [-0.2, -0.15) is 0 Å². The lowest BCUT2D eigenvalue weighted by Gasteiger charge is -2.13. The number of rotatable bonds is 6. The van der Waals surface area contributed by atoms with E-state index in [1.54, 1.807) is 25.3 Å². The number of hydrogen-bond acceptors (Lipinski definition) is 4. The second-order valence-corrected chi connectivity index (χ2v) is 4.91. The van der Waals surface area contributed by atoms with Crippen LogP contribution >= 0.6 is 0 Å². The third-order valence-corrected chi connectivity index (χ3v) is 3.19. The van der Waals surface area contributed by atoms with Crippen LogP contribution in [0.2, 0.25) is 0 Å². The summed E-state index contributed by atoms with van der Waals surface area (Å²) >= 11 is 0. The zero-order valence-electron chi connectivity index (χ0n) is 12.8. The van der Waals surface area contributed by atoms with Crippen LogP contribution in [-0.2, 0) is 0 Å². The first-order chi connectivity index (χ1) is 10.6. The van der Waals surface area contributed by atoms with Gasteiger partial charge < -0.3 is 21.1 Å². The molecule has 0 aromatic heterocycles. The summed E-state index contributed by atoms with van der Waals surface area (Å²) < 4.78 is 5.13. The number of benzene rings is 2. The van der Waals surface area contributed by atoms with E-state index in [9.17, 15) is 4.79 Å². The van der Waals surface area contributed by atoms with Crippen LogP contribution in [0.1, 0.15) is 23.7 Å². The molecule has 0 fully saturated rings. The van der Waals surface area contributed by atoms with Crippen LogP contribution in [0.3, 0.4) is 0 Å². The number of ether oxygens (including phenoxy) is 1. The first kappa shape index (κ1) is 15.7. The molecule has 0 heterocycles. The molecular weight excluding hydrogens is 278 g/mol. The van der Waals surface area contributed by atoms with Crippen molar-refractivity contribution in [1.29, 1.82) is 0 Å². The lowest BCUT2D eigenvalue weighted by molar-refractivity contribution is 0.0954. The third-order valence-electron chi connectivity index (χ3n) is 3.19. The van der Waals surface area contributed by atoms with E-state index in [2.05, 4.69) is 10.6 Å². The Balaban J connectivity index is 2.23. The van der Waals surface area contributed by atoms with Crippen LogP contribution in [0.4, 0.5) is 17.1 Å². The van der Waals surface area contributed by atoms with Gasteiger partial charge in [0.2, 0.25) is 0 Å². The molecule has 0 radical (unpaired) electrons. The van der Waals surface area contributed by atoms with Crippen LogP contribution in [0.25, 0.3) is 0 Å². The molecule has 5 nitrogen and oxygen atoms in total. The molecule has 0 spiro atoms. The van der Waals surface area contributed by atoms with Gasteiger partial charge in [-0.1, -0.05) is 6.92 Å². The summed E-state index contributed by atoms with van der Waals surface area (Å²) in [4.78, 5) is 12.2. The molecule has 5 heteroatoms. The maximum absolute atomic E-state index is 12.2. The Morgan fingerprint density at radius 3 is 2.55 bits per heavy atom. The highest BCUT2D eigenvalue weighted by molar-refractivity contribution is 6.01. The van der Waals surface area contributed by atoms with Crippen LogP contribution in [0.5, 0.6) is 5.75 Å². The maximum Gasteiger partial charge on any atom is 0.253 e. The Hall–Kier alpha value is -2.69. The van der Waals surface area contributed by atoms with Crippen molar-refractivity contribution < 1.29 is 9.53 Å². The van der Waals surface area contributed by atoms with Crippen molar-refractivity contribution in [1.82, 2.24) is 5.32 Å². The third kappa shape index (κ3) is 3.91. The Kier molecular flexibility index (Phi) is 5.25. The molecule has 0 aliphatic rings. The summed E-state index contributed by atoms with van der Waals surface area (Å²) in [5.74, 6) is 0.647. The highest BCUT2D eigenvalue weighted by Gasteiger charge is 2.11. The fourth-order valence-corrected chi connectivity index (χ4v) is 2.02. The smallest absolute Gasteiger partial charge is 0.253 e. The minimum atomic E-state index is -0.134. The van der Waals surface area contributed by atoms with E-state index in [-0.39, 0.29) is 5.91 Å². The molecule has 0 aliphatic heterocycles. The van der Waals surface area contributed by atoms with Crippen molar-refractivity contribution in [2.45, 2.75) is 13.3 Å². The first-order valence-electron chi connectivity index (χ1n) is 7.23. The van der Waals surface area contributed by atoms with E-state index >= 15 is 0 Å². The predicted molar refractivity (Wildman–Crippen MR) is 89.8 cm³/mol. The van der Waals surface area contributed by atoms with Gasteiger partial charge >= 0.3 is 0 Å². The largest absolute Gasteiger partial charge is 0.497 e. The number of anilines is 3. The Morgan fingerprint density at radius 1 is 1.18 bits per heavy atom. The van der Waals surface area contributed by atoms with E-state index in [0.717, 1.165) is 17.9 Å². The molecule has 0 aliphatic carbocycles. The second-order valence-electron chi connectivity index (χ2n) is 4.91. The summed E-state index contributed by atoms with van der Waals surface area (Å²) in [5, 5.41) is 6.10. The number of carbonyl (C=O) groups excluding carboxylic acids is 1. The zero-order chi connectivity index (χ0) is 15.9. The topological polar surface area (TPSA) is 76.4 Å². The summed E-state index contributed by atoms with van der Waals surface area (Å²) in [6, 6.07) is 12.7. The first-order valence-corrected chi connectivity index (χ1v) is 7.23. The number of nitrogens with two attached hydrogens (primary N) is 1. The average molecular weight is 299 g/mol. The minimum absolute atomic E-state index is 0.134. The molecule has 116 valence electrons. The van der Waals surface area contributed by atoms with E-state index in [4.69, 9.17) is 10.5 Å². The molecule has 1 amide bonds. The van der Waals surface area contributed by atoms with Crippen molar-refractivity contribution in [3.63, 3.8) is 0 Å². The lowest BCUT2D eigenvalue weighted by atomic mass is 10.1. The predicted octanol–water partition coefficient (Wildman–Crippen LogP) is 3.16. The van der Waals surface area contributed by atoms with Gasteiger partial charge in [-0.25, -0.2) is 0 Å². The minimum Gasteiger partial charge on any atom is -0.497 e. The SMILES string of the molecule is CCCNC(=O)c1cc(N)ccc1Nc1ccc(OC)cc1. The number of hydrogen-bond donors (Lipinski definition) is 3. The molecule has 0 saturated carbocycles. The molecule has 0 saturated heterocycles. The zero-order valence-corrected chi connectivity index (χ0v) is 12.8. The molecule has 22 heavy (non-hydrogen) atoms. The van der Waals surface area contributed by atoms with Crippen LogP contribution < -0.4 is 21.1 Å². The van der Waals surface area contributed by atoms with Crippen LogP contribution in [0, 0.1) is 0 Å². The molecular formula is C17H21N3O2. The molecule has 0 atom stereocenters. The number of carbonyl (C=O) groups is 1. The van der Waals surface area contributed by atoms with Gasteiger partial charge in [0.15, 0.2) is 0 Å². The van der Waals surface area contributed by atoms with Gasteiger partial charge in [-0.3, -0.25) is 4.79 Å². The van der Waals surface area contributed by atoms with Crippen molar-refractivity contribution in [2.24, 2.45) is 0 Å². The van der Waals surface area contributed by atoms with Gasteiger partial charge in [0.05, 0.1) is 18.4 Å². The summed E-state index contributed by atoms with van der Waals surface area (Å²) in [6.45, 7) is 2.64. The number of nitrogens with one attached hydrogen (secondary N) is 2. The van der Waals surface area contributed by atoms with Crippen molar-refractivity contribution in [2.75, 3.05) is 24.7 Å². The van der Waals surface area contributed by atoms with Gasteiger partial charge in [-0.05, 0) is 48.9 Å². The monoisotopic (exact) mass is 299 g/mol. The number of methoxy groups -OCH3 is 1. The van der Waals surface area contributed by atoms with Gasteiger partial charge in [0, 0.05) is 17.9 Å². The quantitative estimate of drug-likeness (QED) is 0.716. The Labute approximate surface area is 130 Å². The number of amides is 1. The van der Waals surface area contributed by atoms with Crippen molar-refractivity contribution in [3.05, 3.63) is 48.0 Å². The fourth-order valence-electron chi connectivity index (χ4n) is 2.02. The van der Waals surface area contributed by atoms with Crippen LogP contribution in [-0.4, -0.2) is 19.6 Å². The summed E-state index contributed by atoms with van der Waals surface area (Å²) in [6.07, 6.45) is 0.884. The highest BCUT2D eigenvalue weighted by atomic mass is 16.5. The van der Waals surface area contributed by atoms with Gasteiger partial charge in [0.25, 0.3) is 5.91 Å². The standard InChI is InChI=1S/C17H21N3O2/c1-3-10-19-17(21)15-11-12(18)4-9-16(15)20-13-5-7-14(22-2)8-6-13/h4-9,11,20H,3,10,18H2,1-2H3,(H,19,21). The Morgan fingerprint density at radius 2 is 1.91 bits per heavy atom. The van der Waals surface area contributed by atoms with E-state index < -0.39 is 0 Å². The highest BCUT2D eigenvalue weighted by Crippen LogP contribution is 2.24. The molecule has 2 aromatic carbocycles. The Bertz CT molecular complexity index is 639. The van der Waals surface area contributed by atoms with Crippen LogP contribution in [0.15, 0.2) is 42.5 Å². The van der Waals surface area contributed by atoms with Crippen molar-refractivity contribution >= 4 is 23.0 Å². The van der Waals surface area contributed by atoms with Crippen molar-refractivity contribution in [3.8, 4) is 5.75 Å². The summed E-state index contributed by atoms with van der Waals surface area (Å²) in [5.41, 5.74) is 8.48. The molecule has 0 unspecified atom stereocenters. The average Bonchev–Trinajstić information content (AvgIpc) is 2.55. The fraction of sp³-hybridized carbons (Fsp3) is 0.235. The van der Waals surface area contributed by atoms with Gasteiger partial charge in [0.1, 0.15) is 5.75 Å². The molecule has 0 bridgehead atoms. The molecule has 2 rings (SSSR count). The summed E-state index contributed by atoms with van der Waals surface area (Å²) in [7, 11) is 1.62. The normalized spacial score (nSPS) is 10.1. The maximum atomic E-state index is 12.2. The van der Waals surface area contributed by atoms with Gasteiger partial charge in [-0.15, -0.1) is 0 Å². The second kappa shape index (κ2) is 7.36. The molecule has 2 aromatic rings. The van der Waals surface area contributed by atoms with E-state index in [1.165, 1.54) is 0 Å².